The van der Waals surface area contributed by atoms with Crippen LogP contribution in [0.25, 0.3) is 22.9 Å². The second-order valence-corrected chi connectivity index (χ2v) is 8.02. The van der Waals surface area contributed by atoms with Gasteiger partial charge in [0, 0.05) is 17.9 Å². The zero-order valence-electron chi connectivity index (χ0n) is 16.7. The average Bonchev–Trinajstić information content (AvgIpc) is 3.17. The van der Waals surface area contributed by atoms with Gasteiger partial charge in [0.05, 0.1) is 11.3 Å². The number of thiazole rings is 1. The SMILES string of the molecule is CC(=O)Oc1ccc(/C=C(\C#N)c2nc(-c3ccc(CC(C)C)cc3)cs2)cc1. The summed E-state index contributed by atoms with van der Waals surface area (Å²) in [6.45, 7) is 5.78. The summed E-state index contributed by atoms with van der Waals surface area (Å²) in [6.07, 6.45) is 2.84. The molecule has 4 nitrogen and oxygen atoms in total. The minimum atomic E-state index is -0.362. The number of ether oxygens (including phenoxy) is 1. The molecule has 3 aromatic rings. The van der Waals surface area contributed by atoms with Gasteiger partial charge in [0.2, 0.25) is 0 Å². The van der Waals surface area contributed by atoms with Crippen molar-refractivity contribution >= 4 is 29.0 Å². The highest BCUT2D eigenvalue weighted by Gasteiger charge is 2.10. The number of hydrogen-bond donors (Lipinski definition) is 0. The van der Waals surface area contributed by atoms with E-state index in [1.807, 2.05) is 5.38 Å². The van der Waals surface area contributed by atoms with Gasteiger partial charge in [-0.15, -0.1) is 11.3 Å². The lowest BCUT2D eigenvalue weighted by atomic mass is 10.0. The van der Waals surface area contributed by atoms with Crippen LogP contribution in [0.15, 0.2) is 53.9 Å². The van der Waals surface area contributed by atoms with E-state index in [1.54, 1.807) is 30.3 Å². The van der Waals surface area contributed by atoms with E-state index in [1.165, 1.54) is 23.8 Å². The van der Waals surface area contributed by atoms with Crippen LogP contribution in [-0.4, -0.2) is 11.0 Å². The maximum Gasteiger partial charge on any atom is 0.308 e. The number of nitrogens with zero attached hydrogens (tertiary/aromatic N) is 2. The third-order valence-electron chi connectivity index (χ3n) is 4.20. The predicted octanol–water partition coefficient (Wildman–Crippen LogP) is 6.00. The van der Waals surface area contributed by atoms with Crippen molar-refractivity contribution in [2.24, 2.45) is 5.92 Å². The summed E-state index contributed by atoms with van der Waals surface area (Å²) in [6, 6.07) is 17.7. The molecule has 0 aliphatic rings. The van der Waals surface area contributed by atoms with Crippen molar-refractivity contribution in [1.29, 1.82) is 5.26 Å². The monoisotopic (exact) mass is 402 g/mol. The highest BCUT2D eigenvalue weighted by molar-refractivity contribution is 7.11. The number of hydrogen-bond acceptors (Lipinski definition) is 5. The largest absolute Gasteiger partial charge is 0.427 e. The average molecular weight is 403 g/mol. The molecule has 2 aromatic carbocycles. The molecular weight excluding hydrogens is 380 g/mol. The highest BCUT2D eigenvalue weighted by Crippen LogP contribution is 2.28. The molecule has 29 heavy (non-hydrogen) atoms. The Labute approximate surface area is 175 Å². The Morgan fingerprint density at radius 2 is 1.86 bits per heavy atom. The Bertz CT molecular complexity index is 1060. The van der Waals surface area contributed by atoms with Gasteiger partial charge >= 0.3 is 5.97 Å². The van der Waals surface area contributed by atoms with Gasteiger partial charge in [0.15, 0.2) is 0 Å². The van der Waals surface area contributed by atoms with Gasteiger partial charge in [-0.3, -0.25) is 4.79 Å². The Balaban J connectivity index is 1.79. The standard InChI is InChI=1S/C24H22N2O2S/c1-16(2)12-18-4-8-20(9-5-18)23-15-29-24(26-23)21(14-25)13-19-6-10-22(11-7-19)28-17(3)27/h4-11,13,15-16H,12H2,1-3H3/b21-13+. The summed E-state index contributed by atoms with van der Waals surface area (Å²) in [7, 11) is 0. The topological polar surface area (TPSA) is 63.0 Å². The van der Waals surface area contributed by atoms with E-state index < -0.39 is 0 Å². The van der Waals surface area contributed by atoms with Crippen LogP contribution >= 0.6 is 11.3 Å². The van der Waals surface area contributed by atoms with Crippen molar-refractivity contribution in [3.63, 3.8) is 0 Å². The number of benzene rings is 2. The number of carbonyl (C=O) groups excluding carboxylic acids is 1. The second-order valence-electron chi connectivity index (χ2n) is 7.17. The fourth-order valence-corrected chi connectivity index (χ4v) is 3.71. The molecule has 0 spiro atoms. The van der Waals surface area contributed by atoms with Crippen molar-refractivity contribution in [2.75, 3.05) is 0 Å². The molecule has 0 fully saturated rings. The van der Waals surface area contributed by atoms with E-state index in [0.29, 0.717) is 22.2 Å². The minimum Gasteiger partial charge on any atom is -0.427 e. The van der Waals surface area contributed by atoms with Gasteiger partial charge in [-0.2, -0.15) is 5.26 Å². The first-order chi connectivity index (χ1) is 13.9. The normalized spacial score (nSPS) is 11.3. The van der Waals surface area contributed by atoms with Gasteiger partial charge in [-0.25, -0.2) is 4.98 Å². The van der Waals surface area contributed by atoms with Crippen molar-refractivity contribution in [1.82, 2.24) is 4.98 Å². The number of aromatic nitrogens is 1. The lowest BCUT2D eigenvalue weighted by Gasteiger charge is -2.05. The summed E-state index contributed by atoms with van der Waals surface area (Å²) in [5.41, 5.74) is 4.56. The molecule has 0 aliphatic carbocycles. The van der Waals surface area contributed by atoms with Gasteiger partial charge in [0.25, 0.3) is 0 Å². The summed E-state index contributed by atoms with van der Waals surface area (Å²) < 4.78 is 5.03. The second kappa shape index (κ2) is 9.31. The van der Waals surface area contributed by atoms with Crippen LogP contribution in [0.5, 0.6) is 5.75 Å². The number of allylic oxidation sites excluding steroid dienone is 1. The van der Waals surface area contributed by atoms with Crippen LogP contribution in [0.3, 0.4) is 0 Å². The van der Waals surface area contributed by atoms with Crippen LogP contribution in [0, 0.1) is 17.2 Å². The third-order valence-corrected chi connectivity index (χ3v) is 5.08. The lowest BCUT2D eigenvalue weighted by molar-refractivity contribution is -0.131. The first kappa shape index (κ1) is 20.5. The number of nitriles is 1. The van der Waals surface area contributed by atoms with E-state index in [4.69, 9.17) is 4.74 Å². The molecule has 0 bridgehead atoms. The smallest absolute Gasteiger partial charge is 0.308 e. The van der Waals surface area contributed by atoms with Crippen molar-refractivity contribution in [2.45, 2.75) is 27.2 Å². The Morgan fingerprint density at radius 3 is 2.45 bits per heavy atom. The first-order valence-electron chi connectivity index (χ1n) is 9.40. The van der Waals surface area contributed by atoms with E-state index >= 15 is 0 Å². The molecule has 0 saturated heterocycles. The molecule has 146 valence electrons. The van der Waals surface area contributed by atoms with E-state index in [9.17, 15) is 10.1 Å². The van der Waals surface area contributed by atoms with Crippen LogP contribution in [0.2, 0.25) is 0 Å². The van der Waals surface area contributed by atoms with Gasteiger partial charge in [0.1, 0.15) is 16.8 Å². The van der Waals surface area contributed by atoms with Crippen molar-refractivity contribution < 1.29 is 9.53 Å². The number of rotatable bonds is 6. The summed E-state index contributed by atoms with van der Waals surface area (Å²) in [5.74, 6) is 0.738. The Hall–Kier alpha value is -3.23. The van der Waals surface area contributed by atoms with Crippen molar-refractivity contribution in [3.05, 3.63) is 70.0 Å². The molecule has 1 heterocycles. The van der Waals surface area contributed by atoms with E-state index in [0.717, 1.165) is 23.2 Å². The van der Waals surface area contributed by atoms with Gasteiger partial charge in [-0.1, -0.05) is 50.2 Å². The van der Waals surface area contributed by atoms with Crippen LogP contribution in [0.4, 0.5) is 0 Å². The fourth-order valence-electron chi connectivity index (χ4n) is 2.92. The molecule has 0 unspecified atom stereocenters. The van der Waals surface area contributed by atoms with Crippen molar-refractivity contribution in [3.8, 4) is 23.1 Å². The summed E-state index contributed by atoms with van der Waals surface area (Å²) in [4.78, 5) is 15.7. The fraction of sp³-hybridized carbons (Fsp3) is 0.208. The molecule has 0 radical (unpaired) electrons. The lowest BCUT2D eigenvalue weighted by Crippen LogP contribution is -2.00. The minimum absolute atomic E-state index is 0.362. The number of esters is 1. The molecule has 1 aromatic heterocycles. The molecule has 5 heteroatoms. The molecule has 0 atom stereocenters. The quantitative estimate of drug-likeness (QED) is 0.288. The zero-order chi connectivity index (χ0) is 20.8. The van der Waals surface area contributed by atoms with Crippen LogP contribution < -0.4 is 4.74 Å². The zero-order valence-corrected chi connectivity index (χ0v) is 17.5. The molecule has 3 rings (SSSR count). The molecule has 0 N–H and O–H groups in total. The summed E-state index contributed by atoms with van der Waals surface area (Å²) >= 11 is 1.45. The molecule has 0 aliphatic heterocycles. The van der Waals surface area contributed by atoms with Gasteiger partial charge < -0.3 is 4.74 Å². The predicted molar refractivity (Wildman–Crippen MR) is 117 cm³/mol. The molecular formula is C24H22N2O2S. The molecule has 0 amide bonds. The van der Waals surface area contributed by atoms with E-state index in [2.05, 4.69) is 49.2 Å². The Kier molecular flexibility index (Phi) is 6.58. The van der Waals surface area contributed by atoms with E-state index in [-0.39, 0.29) is 5.97 Å². The van der Waals surface area contributed by atoms with Gasteiger partial charge in [-0.05, 0) is 41.7 Å². The maximum absolute atomic E-state index is 11.0. The highest BCUT2D eigenvalue weighted by atomic mass is 32.1. The molecule has 0 saturated carbocycles. The summed E-state index contributed by atoms with van der Waals surface area (Å²) in [5, 5.41) is 12.2. The van der Waals surface area contributed by atoms with Crippen LogP contribution in [-0.2, 0) is 11.2 Å². The number of carbonyl (C=O) groups is 1. The van der Waals surface area contributed by atoms with Crippen LogP contribution in [0.1, 0.15) is 36.9 Å². The third kappa shape index (κ3) is 5.63. The maximum atomic E-state index is 11.0. The Morgan fingerprint density at radius 1 is 1.17 bits per heavy atom. The first-order valence-corrected chi connectivity index (χ1v) is 10.3.